The number of carbonyl (C=O) groups excluding carboxylic acids is 2. The van der Waals surface area contributed by atoms with Gasteiger partial charge in [0.2, 0.25) is 5.43 Å². The lowest BCUT2D eigenvalue weighted by atomic mass is 9.98. The first-order chi connectivity index (χ1) is 14.2. The molecular weight excluding hydrogens is 380 g/mol. The SMILES string of the molecule is CC(C)CCNC(=O)c1cn(CC(C)C)cc(C(=O)NCC2CCCN(C)C2)c1=O. The van der Waals surface area contributed by atoms with E-state index in [1.165, 1.54) is 0 Å². The maximum absolute atomic E-state index is 12.9. The van der Waals surface area contributed by atoms with E-state index in [2.05, 4.69) is 50.3 Å². The number of likely N-dealkylation sites (tertiary alicyclic amines) is 1. The summed E-state index contributed by atoms with van der Waals surface area (Å²) in [6.07, 6.45) is 6.17. The molecular formula is C23H38N4O3. The Labute approximate surface area is 180 Å². The summed E-state index contributed by atoms with van der Waals surface area (Å²) in [5.74, 6) is 0.342. The zero-order valence-electron chi connectivity index (χ0n) is 19.2. The predicted molar refractivity (Wildman–Crippen MR) is 120 cm³/mol. The first kappa shape index (κ1) is 24.1. The van der Waals surface area contributed by atoms with E-state index in [-0.39, 0.29) is 11.1 Å². The first-order valence-corrected chi connectivity index (χ1v) is 11.2. The molecule has 0 aliphatic carbocycles. The topological polar surface area (TPSA) is 83.4 Å². The number of hydrogen-bond acceptors (Lipinski definition) is 4. The van der Waals surface area contributed by atoms with Crippen LogP contribution in [0.3, 0.4) is 0 Å². The number of amides is 2. The molecule has 2 N–H and O–H groups in total. The van der Waals surface area contributed by atoms with Crippen molar-refractivity contribution in [2.24, 2.45) is 17.8 Å². The maximum Gasteiger partial charge on any atom is 0.256 e. The van der Waals surface area contributed by atoms with Gasteiger partial charge in [-0.3, -0.25) is 14.4 Å². The monoisotopic (exact) mass is 418 g/mol. The molecule has 1 aromatic rings. The highest BCUT2D eigenvalue weighted by Crippen LogP contribution is 2.14. The summed E-state index contributed by atoms with van der Waals surface area (Å²) in [6.45, 7) is 12.0. The van der Waals surface area contributed by atoms with Crippen LogP contribution in [0.2, 0.25) is 0 Å². The largest absolute Gasteiger partial charge is 0.352 e. The van der Waals surface area contributed by atoms with Gasteiger partial charge in [0, 0.05) is 38.6 Å². The third-order valence-electron chi connectivity index (χ3n) is 5.42. The highest BCUT2D eigenvalue weighted by atomic mass is 16.2. The molecule has 1 aliphatic heterocycles. The standard InChI is InChI=1S/C23H38N4O3/c1-16(2)8-9-24-22(29)19-14-27(12-17(3)4)15-20(21(19)28)23(30)25-11-18-7-6-10-26(5)13-18/h14-18H,6-13H2,1-5H3,(H,24,29)(H,25,30). The summed E-state index contributed by atoms with van der Waals surface area (Å²) in [5, 5.41) is 5.74. The Hall–Kier alpha value is -2.15. The van der Waals surface area contributed by atoms with Crippen molar-refractivity contribution in [1.29, 1.82) is 0 Å². The summed E-state index contributed by atoms with van der Waals surface area (Å²) in [6, 6.07) is 0. The Bertz CT molecular complexity index is 785. The lowest BCUT2D eigenvalue weighted by Gasteiger charge is -2.29. The van der Waals surface area contributed by atoms with Gasteiger partial charge in [-0.25, -0.2) is 0 Å². The Morgan fingerprint density at radius 3 is 2.27 bits per heavy atom. The molecule has 30 heavy (non-hydrogen) atoms. The fourth-order valence-corrected chi connectivity index (χ4v) is 3.82. The molecule has 2 rings (SSSR count). The van der Waals surface area contributed by atoms with Crippen molar-refractivity contribution in [3.8, 4) is 0 Å². The number of aromatic nitrogens is 1. The molecule has 0 radical (unpaired) electrons. The van der Waals surface area contributed by atoms with E-state index >= 15 is 0 Å². The maximum atomic E-state index is 12.9. The minimum Gasteiger partial charge on any atom is -0.352 e. The van der Waals surface area contributed by atoms with Gasteiger partial charge >= 0.3 is 0 Å². The Balaban J connectivity index is 2.18. The van der Waals surface area contributed by atoms with Crippen molar-refractivity contribution in [1.82, 2.24) is 20.1 Å². The molecule has 0 spiro atoms. The van der Waals surface area contributed by atoms with Gasteiger partial charge in [-0.2, -0.15) is 0 Å². The summed E-state index contributed by atoms with van der Waals surface area (Å²) in [4.78, 5) is 40.7. The molecule has 2 heterocycles. The zero-order chi connectivity index (χ0) is 22.3. The van der Waals surface area contributed by atoms with Crippen molar-refractivity contribution < 1.29 is 9.59 Å². The number of piperidine rings is 1. The first-order valence-electron chi connectivity index (χ1n) is 11.2. The lowest BCUT2D eigenvalue weighted by Crippen LogP contribution is -2.41. The molecule has 0 aromatic carbocycles. The number of rotatable bonds is 9. The molecule has 168 valence electrons. The van der Waals surface area contributed by atoms with Gasteiger partial charge < -0.3 is 20.1 Å². The van der Waals surface area contributed by atoms with E-state index in [1.807, 2.05) is 0 Å². The van der Waals surface area contributed by atoms with E-state index in [9.17, 15) is 14.4 Å². The number of carbonyl (C=O) groups is 2. The van der Waals surface area contributed by atoms with Crippen LogP contribution in [-0.2, 0) is 6.54 Å². The van der Waals surface area contributed by atoms with Crippen molar-refractivity contribution in [3.05, 3.63) is 33.7 Å². The van der Waals surface area contributed by atoms with Gasteiger partial charge in [-0.1, -0.05) is 27.7 Å². The van der Waals surface area contributed by atoms with Gasteiger partial charge in [-0.05, 0) is 50.6 Å². The Kier molecular flexibility index (Phi) is 9.08. The molecule has 7 nitrogen and oxygen atoms in total. The van der Waals surface area contributed by atoms with Crippen LogP contribution in [0.1, 0.15) is 67.7 Å². The second-order valence-corrected chi connectivity index (χ2v) is 9.42. The number of hydrogen-bond donors (Lipinski definition) is 2. The van der Waals surface area contributed by atoms with Crippen LogP contribution in [0.4, 0.5) is 0 Å². The van der Waals surface area contributed by atoms with E-state index in [1.54, 1.807) is 17.0 Å². The average molecular weight is 419 g/mol. The molecule has 1 atom stereocenters. The van der Waals surface area contributed by atoms with Gasteiger partial charge in [0.05, 0.1) is 0 Å². The molecule has 1 saturated heterocycles. The number of nitrogens with one attached hydrogen (secondary N) is 2. The third-order valence-corrected chi connectivity index (χ3v) is 5.42. The van der Waals surface area contributed by atoms with E-state index in [4.69, 9.17) is 0 Å². The summed E-state index contributed by atoms with van der Waals surface area (Å²) in [7, 11) is 2.08. The number of nitrogens with zero attached hydrogens (tertiary/aromatic N) is 2. The minimum atomic E-state index is -0.504. The van der Waals surface area contributed by atoms with Gasteiger partial charge in [0.25, 0.3) is 11.8 Å². The van der Waals surface area contributed by atoms with Crippen LogP contribution in [0.25, 0.3) is 0 Å². The predicted octanol–water partition coefficient (Wildman–Crippen LogP) is 2.35. The normalized spacial score (nSPS) is 17.4. The molecule has 0 saturated carbocycles. The van der Waals surface area contributed by atoms with Crippen molar-refractivity contribution in [2.45, 2.75) is 53.5 Å². The van der Waals surface area contributed by atoms with Gasteiger partial charge in [0.1, 0.15) is 11.1 Å². The quantitative estimate of drug-likeness (QED) is 0.645. The van der Waals surface area contributed by atoms with Crippen molar-refractivity contribution in [2.75, 3.05) is 33.2 Å². The fraction of sp³-hybridized carbons (Fsp3) is 0.696. The smallest absolute Gasteiger partial charge is 0.256 e. The Morgan fingerprint density at radius 1 is 1.07 bits per heavy atom. The molecule has 1 aromatic heterocycles. The average Bonchev–Trinajstić information content (AvgIpc) is 2.66. The van der Waals surface area contributed by atoms with Crippen LogP contribution in [0.15, 0.2) is 17.2 Å². The molecule has 2 amide bonds. The molecule has 0 bridgehead atoms. The molecule has 1 fully saturated rings. The zero-order valence-corrected chi connectivity index (χ0v) is 19.2. The van der Waals surface area contributed by atoms with Crippen LogP contribution >= 0.6 is 0 Å². The van der Waals surface area contributed by atoms with Crippen LogP contribution in [0, 0.1) is 17.8 Å². The highest BCUT2D eigenvalue weighted by Gasteiger charge is 2.22. The second kappa shape index (κ2) is 11.3. The van der Waals surface area contributed by atoms with Crippen LogP contribution in [0.5, 0.6) is 0 Å². The van der Waals surface area contributed by atoms with Crippen LogP contribution in [-0.4, -0.2) is 54.5 Å². The summed E-state index contributed by atoms with van der Waals surface area (Å²) < 4.78 is 1.78. The fourth-order valence-electron chi connectivity index (χ4n) is 3.82. The highest BCUT2D eigenvalue weighted by molar-refractivity contribution is 5.99. The van der Waals surface area contributed by atoms with Crippen LogP contribution < -0.4 is 16.1 Å². The second-order valence-electron chi connectivity index (χ2n) is 9.42. The minimum absolute atomic E-state index is 0.0319. The third kappa shape index (κ3) is 7.27. The van der Waals surface area contributed by atoms with E-state index < -0.39 is 17.2 Å². The molecule has 1 unspecified atom stereocenters. The molecule has 7 heteroatoms. The van der Waals surface area contributed by atoms with Crippen molar-refractivity contribution >= 4 is 11.8 Å². The lowest BCUT2D eigenvalue weighted by molar-refractivity contribution is 0.0934. The van der Waals surface area contributed by atoms with Gasteiger partial charge in [-0.15, -0.1) is 0 Å². The van der Waals surface area contributed by atoms with E-state index in [0.717, 1.165) is 32.4 Å². The van der Waals surface area contributed by atoms with E-state index in [0.29, 0.717) is 37.4 Å². The van der Waals surface area contributed by atoms with Gasteiger partial charge in [0.15, 0.2) is 0 Å². The number of pyridine rings is 1. The van der Waals surface area contributed by atoms with Crippen molar-refractivity contribution in [3.63, 3.8) is 0 Å². The summed E-state index contributed by atoms with van der Waals surface area (Å²) in [5.41, 5.74) is -0.434. The summed E-state index contributed by atoms with van der Waals surface area (Å²) >= 11 is 0. The molecule has 1 aliphatic rings. The Morgan fingerprint density at radius 2 is 1.70 bits per heavy atom.